The van der Waals surface area contributed by atoms with Crippen molar-refractivity contribution in [3.63, 3.8) is 0 Å². The number of carbonyl (C=O) groups excluding carboxylic acids is 1. The van der Waals surface area contributed by atoms with E-state index in [1.165, 1.54) is 18.2 Å². The minimum Gasteiger partial charge on any atom is -0.348 e. The molecule has 1 aliphatic rings. The largest absolute Gasteiger partial charge is 0.348 e. The molecule has 1 N–H and O–H groups in total. The summed E-state index contributed by atoms with van der Waals surface area (Å²) < 4.78 is 13.5. The number of nitrogens with zero attached hydrogens (tertiary/aromatic N) is 3. The Bertz CT molecular complexity index is 787. The number of aromatic nitrogens is 1. The highest BCUT2D eigenvalue weighted by molar-refractivity contribution is 6.33. The van der Waals surface area contributed by atoms with Crippen molar-refractivity contribution in [2.75, 3.05) is 33.7 Å². The Kier molecular flexibility index (Phi) is 6.42. The van der Waals surface area contributed by atoms with Gasteiger partial charge in [0.15, 0.2) is 0 Å². The van der Waals surface area contributed by atoms with E-state index in [4.69, 9.17) is 11.6 Å². The molecule has 3 rings (SSSR count). The van der Waals surface area contributed by atoms with Crippen molar-refractivity contribution in [2.45, 2.75) is 12.6 Å². The summed E-state index contributed by atoms with van der Waals surface area (Å²) in [5.74, 6) is -0.550. The summed E-state index contributed by atoms with van der Waals surface area (Å²) in [6.45, 7) is 3.16. The molecule has 0 bridgehead atoms. The van der Waals surface area contributed by atoms with Crippen LogP contribution in [0.15, 0.2) is 42.6 Å². The number of nitrogens with one attached hydrogen (secondary N) is 1. The topological polar surface area (TPSA) is 48.5 Å². The Labute approximate surface area is 164 Å². The zero-order valence-electron chi connectivity index (χ0n) is 15.5. The third kappa shape index (κ3) is 5.25. The Balaban J connectivity index is 1.71. The zero-order valence-corrected chi connectivity index (χ0v) is 16.3. The summed E-state index contributed by atoms with van der Waals surface area (Å²) in [7, 11) is 4.04. The highest BCUT2D eigenvalue weighted by Gasteiger charge is 2.34. The van der Waals surface area contributed by atoms with Crippen LogP contribution in [0.3, 0.4) is 0 Å². The molecule has 5 nitrogen and oxygen atoms in total. The first kappa shape index (κ1) is 19.7. The second-order valence-electron chi connectivity index (χ2n) is 7.24. The first-order valence-corrected chi connectivity index (χ1v) is 9.33. The van der Waals surface area contributed by atoms with Crippen LogP contribution in [0.25, 0.3) is 0 Å². The number of halogens is 2. The van der Waals surface area contributed by atoms with Crippen molar-refractivity contribution in [3.05, 3.63) is 64.7 Å². The van der Waals surface area contributed by atoms with Gasteiger partial charge in [0, 0.05) is 44.3 Å². The second kappa shape index (κ2) is 8.78. The molecule has 0 radical (unpaired) electrons. The van der Waals surface area contributed by atoms with Crippen LogP contribution in [-0.4, -0.2) is 60.5 Å². The van der Waals surface area contributed by atoms with E-state index in [2.05, 4.69) is 20.1 Å². The van der Waals surface area contributed by atoms with Gasteiger partial charge in [0.25, 0.3) is 5.91 Å². The summed E-state index contributed by atoms with van der Waals surface area (Å²) in [6, 6.07) is 9.67. The second-order valence-corrected chi connectivity index (χ2v) is 7.65. The maximum atomic E-state index is 13.5. The maximum Gasteiger partial charge on any atom is 0.253 e. The number of pyridine rings is 1. The number of amides is 1. The van der Waals surface area contributed by atoms with E-state index >= 15 is 0 Å². The van der Waals surface area contributed by atoms with Crippen LogP contribution in [0, 0.1) is 11.7 Å². The van der Waals surface area contributed by atoms with Gasteiger partial charge in [-0.05, 0) is 44.4 Å². The molecule has 1 saturated heterocycles. The van der Waals surface area contributed by atoms with Gasteiger partial charge < -0.3 is 10.2 Å². The smallest absolute Gasteiger partial charge is 0.253 e. The van der Waals surface area contributed by atoms with E-state index < -0.39 is 5.82 Å². The quantitative estimate of drug-likeness (QED) is 0.823. The van der Waals surface area contributed by atoms with Crippen molar-refractivity contribution >= 4 is 17.5 Å². The SMILES string of the molecule is CN(C)C[C@@H]1CN(Cc2ccccn2)C[C@H]1NC(=O)c1cc(F)ccc1Cl. The minimum absolute atomic E-state index is 0.0389. The third-order valence-corrected chi connectivity index (χ3v) is 5.05. The van der Waals surface area contributed by atoms with Crippen LogP contribution in [0.2, 0.25) is 5.02 Å². The highest BCUT2D eigenvalue weighted by atomic mass is 35.5. The van der Waals surface area contributed by atoms with Crippen molar-refractivity contribution in [1.29, 1.82) is 0 Å². The molecule has 2 atom stereocenters. The molecule has 7 heteroatoms. The van der Waals surface area contributed by atoms with E-state index in [0.717, 1.165) is 25.3 Å². The fourth-order valence-corrected chi connectivity index (χ4v) is 3.75. The van der Waals surface area contributed by atoms with Gasteiger partial charge in [-0.25, -0.2) is 4.39 Å². The van der Waals surface area contributed by atoms with Gasteiger partial charge in [-0.1, -0.05) is 17.7 Å². The molecule has 1 aromatic carbocycles. The van der Waals surface area contributed by atoms with Crippen molar-refractivity contribution in [3.8, 4) is 0 Å². The summed E-state index contributed by atoms with van der Waals surface area (Å²) in [6.07, 6.45) is 1.79. The molecule has 144 valence electrons. The standard InChI is InChI=1S/C20H24ClFN4O/c1-25(2)10-14-11-26(12-16-5-3-4-8-23-16)13-19(14)24-20(27)17-9-15(22)6-7-18(17)21/h3-9,14,19H,10-13H2,1-2H3,(H,24,27)/t14-,19-/m1/s1. The Hall–Kier alpha value is -2.02. The Morgan fingerprint density at radius 2 is 2.15 bits per heavy atom. The van der Waals surface area contributed by atoms with Gasteiger partial charge in [0.1, 0.15) is 5.82 Å². The number of hydrogen-bond donors (Lipinski definition) is 1. The van der Waals surface area contributed by atoms with Crippen LogP contribution in [-0.2, 0) is 6.54 Å². The lowest BCUT2D eigenvalue weighted by molar-refractivity contribution is 0.0926. The predicted molar refractivity (Wildman–Crippen MR) is 104 cm³/mol. The molecule has 1 fully saturated rings. The molecule has 1 aliphatic heterocycles. The monoisotopic (exact) mass is 390 g/mol. The first-order valence-electron chi connectivity index (χ1n) is 8.95. The summed E-state index contributed by atoms with van der Waals surface area (Å²) in [4.78, 5) is 21.4. The molecule has 0 unspecified atom stereocenters. The Morgan fingerprint density at radius 1 is 1.33 bits per heavy atom. The zero-order chi connectivity index (χ0) is 19.4. The molecule has 0 aliphatic carbocycles. The van der Waals surface area contributed by atoms with Crippen LogP contribution >= 0.6 is 11.6 Å². The van der Waals surface area contributed by atoms with Gasteiger partial charge in [0.2, 0.25) is 0 Å². The van der Waals surface area contributed by atoms with E-state index in [1.54, 1.807) is 6.20 Å². The van der Waals surface area contributed by atoms with Crippen LogP contribution in [0.4, 0.5) is 4.39 Å². The summed E-state index contributed by atoms with van der Waals surface area (Å²) in [5, 5.41) is 3.31. The van der Waals surface area contributed by atoms with E-state index in [9.17, 15) is 9.18 Å². The molecule has 0 saturated carbocycles. The van der Waals surface area contributed by atoms with Crippen LogP contribution < -0.4 is 5.32 Å². The molecule has 1 amide bonds. The minimum atomic E-state index is -0.474. The predicted octanol–water partition coefficient (Wildman–Crippen LogP) is 2.67. The lowest BCUT2D eigenvalue weighted by atomic mass is 10.0. The average Bonchev–Trinajstić information content (AvgIpc) is 2.98. The van der Waals surface area contributed by atoms with Gasteiger partial charge in [0.05, 0.1) is 16.3 Å². The lowest BCUT2D eigenvalue weighted by Gasteiger charge is -2.23. The molecule has 2 heterocycles. The molecule has 2 aromatic rings. The number of rotatable bonds is 6. The van der Waals surface area contributed by atoms with Crippen molar-refractivity contribution < 1.29 is 9.18 Å². The van der Waals surface area contributed by atoms with Gasteiger partial charge >= 0.3 is 0 Å². The van der Waals surface area contributed by atoms with Gasteiger partial charge in [-0.15, -0.1) is 0 Å². The van der Waals surface area contributed by atoms with E-state index in [0.29, 0.717) is 6.54 Å². The fraction of sp³-hybridized carbons (Fsp3) is 0.400. The molecule has 1 aromatic heterocycles. The lowest BCUT2D eigenvalue weighted by Crippen LogP contribution is -2.43. The third-order valence-electron chi connectivity index (χ3n) is 4.72. The highest BCUT2D eigenvalue weighted by Crippen LogP contribution is 2.22. The van der Waals surface area contributed by atoms with Crippen molar-refractivity contribution in [1.82, 2.24) is 20.1 Å². The average molecular weight is 391 g/mol. The van der Waals surface area contributed by atoms with Gasteiger partial charge in [-0.2, -0.15) is 0 Å². The van der Waals surface area contributed by atoms with Crippen molar-refractivity contribution in [2.24, 2.45) is 5.92 Å². The fourth-order valence-electron chi connectivity index (χ4n) is 3.55. The normalized spacial score (nSPS) is 20.2. The maximum absolute atomic E-state index is 13.5. The van der Waals surface area contributed by atoms with E-state index in [-0.39, 0.29) is 28.5 Å². The number of likely N-dealkylation sites (tertiary alicyclic amines) is 1. The van der Waals surface area contributed by atoms with Crippen LogP contribution in [0.5, 0.6) is 0 Å². The van der Waals surface area contributed by atoms with E-state index in [1.807, 2.05) is 32.3 Å². The summed E-state index contributed by atoms with van der Waals surface area (Å²) >= 11 is 6.08. The van der Waals surface area contributed by atoms with Crippen LogP contribution in [0.1, 0.15) is 16.1 Å². The number of benzene rings is 1. The summed E-state index contributed by atoms with van der Waals surface area (Å²) in [5.41, 5.74) is 1.17. The Morgan fingerprint density at radius 3 is 2.85 bits per heavy atom. The molecule has 27 heavy (non-hydrogen) atoms. The molecular weight excluding hydrogens is 367 g/mol. The van der Waals surface area contributed by atoms with Gasteiger partial charge in [-0.3, -0.25) is 14.7 Å². The molecule has 0 spiro atoms. The molecular formula is C20H24ClFN4O. The number of carbonyl (C=O) groups is 1. The number of hydrogen-bond acceptors (Lipinski definition) is 4. The first-order chi connectivity index (χ1) is 12.9.